The van der Waals surface area contributed by atoms with Gasteiger partial charge < -0.3 is 26.0 Å². The number of aliphatic imine (C=N–C) groups is 1. The number of carbonyl (C=O) groups excluding carboxylic acids is 1. The molecule has 3 rings (SSSR count). The van der Waals surface area contributed by atoms with Gasteiger partial charge in [-0.25, -0.2) is 4.99 Å². The lowest BCUT2D eigenvalue weighted by Gasteiger charge is -2.18. The van der Waals surface area contributed by atoms with E-state index in [9.17, 15) is 9.90 Å². The van der Waals surface area contributed by atoms with Gasteiger partial charge in [-0.15, -0.1) is 0 Å². The number of aliphatic hydroxyl groups is 3. The first-order valence-electron chi connectivity index (χ1n) is 15.2. The number of nitrogens with zero attached hydrogens (tertiary/aromatic N) is 1. The van der Waals surface area contributed by atoms with Crippen LogP contribution in [0.2, 0.25) is 0 Å². The number of ketones is 1. The predicted molar refractivity (Wildman–Crippen MR) is 169 cm³/mol. The summed E-state index contributed by atoms with van der Waals surface area (Å²) >= 11 is 0. The van der Waals surface area contributed by atoms with E-state index in [1.807, 2.05) is 55.5 Å². The Hall–Kier alpha value is -3.42. The molecule has 1 aliphatic carbocycles. The normalized spacial score (nSPS) is 14.5. The van der Waals surface area contributed by atoms with Gasteiger partial charge in [0.2, 0.25) is 5.78 Å². The Morgan fingerprint density at radius 2 is 1.27 bits per heavy atom. The first-order chi connectivity index (χ1) is 20.0. The maximum atomic E-state index is 13.2. The van der Waals surface area contributed by atoms with Gasteiger partial charge in [0.25, 0.3) is 0 Å². The quantitative estimate of drug-likeness (QED) is 0.0927. The van der Waals surface area contributed by atoms with Crippen LogP contribution in [0.1, 0.15) is 76.7 Å². The maximum Gasteiger partial charge on any atom is 0.211 e. The van der Waals surface area contributed by atoms with Crippen molar-refractivity contribution in [3.05, 3.63) is 77.1 Å². The van der Waals surface area contributed by atoms with Crippen LogP contribution < -0.4 is 10.6 Å². The van der Waals surface area contributed by atoms with Crippen molar-refractivity contribution in [2.75, 3.05) is 36.9 Å². The molecule has 41 heavy (non-hydrogen) atoms. The zero-order valence-electron chi connectivity index (χ0n) is 24.5. The standard InChI is InChI=1S/C34H47N3O4/c1-2-11-31-33(40)27(24-26-12-14-28(15-13-26)35-20-7-3-5-9-22-38)25-32(34(31)41)37-30-18-16-29(17-19-30)36-21-8-4-6-10-23-39/h12-19,25,35-36,38-40H,2-11,20-24H2,1H3. The van der Waals surface area contributed by atoms with Crippen LogP contribution in [0, 0.1) is 0 Å². The van der Waals surface area contributed by atoms with Crippen molar-refractivity contribution < 1.29 is 20.1 Å². The van der Waals surface area contributed by atoms with Crippen LogP contribution in [-0.2, 0) is 11.2 Å². The number of anilines is 2. The Labute approximate surface area is 245 Å². The molecule has 0 spiro atoms. The minimum atomic E-state index is -0.211. The van der Waals surface area contributed by atoms with Gasteiger partial charge >= 0.3 is 0 Å². The third-order valence-corrected chi connectivity index (χ3v) is 7.20. The molecule has 2 aromatic rings. The molecule has 5 N–H and O–H groups in total. The Bertz CT molecular complexity index is 1170. The lowest BCUT2D eigenvalue weighted by atomic mass is 9.88. The SMILES string of the molecule is CCCC1=C(O)C(Cc2ccc(NCCCCCCO)cc2)=CC(=Nc2ccc(NCCCCCCO)cc2)C1=O. The summed E-state index contributed by atoms with van der Waals surface area (Å²) in [4.78, 5) is 17.9. The topological polar surface area (TPSA) is 114 Å². The molecule has 2 aromatic carbocycles. The molecular formula is C34H47N3O4. The van der Waals surface area contributed by atoms with E-state index in [-0.39, 0.29) is 24.8 Å². The summed E-state index contributed by atoms with van der Waals surface area (Å²) in [5.41, 5.74) is 5.29. The maximum absolute atomic E-state index is 13.2. The first-order valence-corrected chi connectivity index (χ1v) is 15.2. The smallest absolute Gasteiger partial charge is 0.211 e. The summed E-state index contributed by atoms with van der Waals surface area (Å²) in [5.74, 6) is -0.129. The Balaban J connectivity index is 1.65. The van der Waals surface area contributed by atoms with Crippen molar-refractivity contribution in [3.8, 4) is 0 Å². The van der Waals surface area contributed by atoms with Gasteiger partial charge in [-0.05, 0) is 80.1 Å². The third-order valence-electron chi connectivity index (χ3n) is 7.20. The van der Waals surface area contributed by atoms with E-state index >= 15 is 0 Å². The van der Waals surface area contributed by atoms with Gasteiger partial charge in [0, 0.05) is 55.2 Å². The first kappa shape index (κ1) is 32.1. The van der Waals surface area contributed by atoms with Gasteiger partial charge in [-0.1, -0.05) is 51.2 Å². The highest BCUT2D eigenvalue weighted by atomic mass is 16.3. The van der Waals surface area contributed by atoms with Gasteiger partial charge in [-0.3, -0.25) is 4.79 Å². The molecular weight excluding hydrogens is 514 g/mol. The van der Waals surface area contributed by atoms with Crippen LogP contribution in [0.4, 0.5) is 17.1 Å². The van der Waals surface area contributed by atoms with Crippen LogP contribution in [0.25, 0.3) is 0 Å². The zero-order chi connectivity index (χ0) is 29.3. The number of rotatable bonds is 19. The van der Waals surface area contributed by atoms with Crippen molar-refractivity contribution in [1.29, 1.82) is 0 Å². The predicted octanol–water partition coefficient (Wildman–Crippen LogP) is 7.05. The second-order valence-corrected chi connectivity index (χ2v) is 10.6. The Kier molecular flexibility index (Phi) is 14.2. The highest BCUT2D eigenvalue weighted by Gasteiger charge is 2.26. The minimum Gasteiger partial charge on any atom is -0.507 e. The Morgan fingerprint density at radius 3 is 1.80 bits per heavy atom. The molecule has 0 aromatic heterocycles. The molecule has 0 amide bonds. The van der Waals surface area contributed by atoms with Crippen LogP contribution in [0.15, 0.2) is 76.5 Å². The minimum absolute atomic E-state index is 0.0828. The van der Waals surface area contributed by atoms with E-state index in [4.69, 9.17) is 10.2 Å². The molecule has 0 radical (unpaired) electrons. The number of aliphatic hydroxyl groups excluding tert-OH is 3. The molecule has 7 heteroatoms. The summed E-state index contributed by atoms with van der Waals surface area (Å²) in [7, 11) is 0. The monoisotopic (exact) mass is 561 g/mol. The van der Waals surface area contributed by atoms with Gasteiger partial charge in [-0.2, -0.15) is 0 Å². The average Bonchev–Trinajstić information content (AvgIpc) is 2.99. The van der Waals surface area contributed by atoms with Crippen molar-refractivity contribution in [2.24, 2.45) is 4.99 Å². The van der Waals surface area contributed by atoms with E-state index < -0.39 is 0 Å². The molecule has 0 saturated heterocycles. The second kappa shape index (κ2) is 18.1. The molecule has 222 valence electrons. The van der Waals surface area contributed by atoms with Crippen LogP contribution >= 0.6 is 0 Å². The van der Waals surface area contributed by atoms with E-state index in [0.29, 0.717) is 35.4 Å². The molecule has 0 aliphatic heterocycles. The summed E-state index contributed by atoms with van der Waals surface area (Å²) in [6.07, 6.45) is 11.6. The largest absolute Gasteiger partial charge is 0.507 e. The van der Waals surface area contributed by atoms with Crippen molar-refractivity contribution in [2.45, 2.75) is 77.6 Å². The van der Waals surface area contributed by atoms with Crippen molar-refractivity contribution >= 4 is 28.6 Å². The third kappa shape index (κ3) is 10.8. The number of allylic oxidation sites excluding steroid dienone is 3. The molecule has 1 aliphatic rings. The van der Waals surface area contributed by atoms with E-state index in [2.05, 4.69) is 15.6 Å². The molecule has 0 saturated carbocycles. The van der Waals surface area contributed by atoms with E-state index in [1.165, 1.54) is 0 Å². The number of hydrogen-bond donors (Lipinski definition) is 5. The highest BCUT2D eigenvalue weighted by Crippen LogP contribution is 2.28. The summed E-state index contributed by atoms with van der Waals surface area (Å²) < 4.78 is 0. The summed E-state index contributed by atoms with van der Waals surface area (Å²) in [6, 6.07) is 15.9. The number of Topliss-reactive ketones (excluding diaryl/α,β-unsaturated/α-hetero) is 1. The van der Waals surface area contributed by atoms with Gasteiger partial charge in [0.15, 0.2) is 0 Å². The number of unbranched alkanes of at least 4 members (excludes halogenated alkanes) is 6. The fourth-order valence-electron chi connectivity index (χ4n) is 4.85. The van der Waals surface area contributed by atoms with Crippen LogP contribution in [-0.4, -0.2) is 53.1 Å². The molecule has 0 heterocycles. The number of benzene rings is 2. The fraction of sp³-hybridized carbons (Fsp3) is 0.471. The highest BCUT2D eigenvalue weighted by molar-refractivity contribution is 6.51. The number of nitrogens with one attached hydrogen (secondary N) is 2. The summed E-state index contributed by atoms with van der Waals surface area (Å²) in [5, 5.41) is 35.6. The van der Waals surface area contributed by atoms with Crippen LogP contribution in [0.5, 0.6) is 0 Å². The number of hydrogen-bond acceptors (Lipinski definition) is 7. The second-order valence-electron chi connectivity index (χ2n) is 10.6. The van der Waals surface area contributed by atoms with E-state index in [1.54, 1.807) is 6.08 Å². The van der Waals surface area contributed by atoms with Crippen molar-refractivity contribution in [1.82, 2.24) is 0 Å². The molecule has 0 atom stereocenters. The lowest BCUT2D eigenvalue weighted by molar-refractivity contribution is -0.110. The summed E-state index contributed by atoms with van der Waals surface area (Å²) in [6.45, 7) is 4.28. The molecule has 7 nitrogen and oxygen atoms in total. The lowest BCUT2D eigenvalue weighted by Crippen LogP contribution is -2.22. The van der Waals surface area contributed by atoms with E-state index in [0.717, 1.165) is 87.8 Å². The Morgan fingerprint density at radius 1 is 0.732 bits per heavy atom. The van der Waals surface area contributed by atoms with Crippen LogP contribution in [0.3, 0.4) is 0 Å². The van der Waals surface area contributed by atoms with Crippen molar-refractivity contribution in [3.63, 3.8) is 0 Å². The van der Waals surface area contributed by atoms with Gasteiger partial charge in [0.05, 0.1) is 5.69 Å². The molecule has 0 unspecified atom stereocenters. The number of carbonyl (C=O) groups is 1. The zero-order valence-corrected chi connectivity index (χ0v) is 24.5. The van der Waals surface area contributed by atoms with Gasteiger partial charge in [0.1, 0.15) is 11.5 Å². The molecule has 0 fully saturated rings. The average molecular weight is 562 g/mol. The fourth-order valence-corrected chi connectivity index (χ4v) is 4.85. The molecule has 0 bridgehead atoms.